The Kier molecular flexibility index (Phi) is 3.79. The third-order valence-electron chi connectivity index (χ3n) is 4.98. The lowest BCUT2D eigenvalue weighted by Crippen LogP contribution is -2.41. The van der Waals surface area contributed by atoms with Crippen LogP contribution in [0.5, 0.6) is 5.75 Å². The van der Waals surface area contributed by atoms with E-state index in [4.69, 9.17) is 4.74 Å². The second-order valence-corrected chi connectivity index (χ2v) is 7.05. The summed E-state index contributed by atoms with van der Waals surface area (Å²) < 4.78 is 7.65. The van der Waals surface area contributed by atoms with Crippen LogP contribution in [-0.4, -0.2) is 33.7 Å². The minimum atomic E-state index is 0.160. The van der Waals surface area contributed by atoms with E-state index in [9.17, 15) is 4.79 Å². The summed E-state index contributed by atoms with van der Waals surface area (Å²) in [6.07, 6.45) is 4.14. The lowest BCUT2D eigenvalue weighted by atomic mass is 10.0. The van der Waals surface area contributed by atoms with E-state index < -0.39 is 0 Å². The number of likely N-dealkylation sites (tertiary alicyclic amines) is 1. The second-order valence-electron chi connectivity index (χ2n) is 7.05. The van der Waals surface area contributed by atoms with Gasteiger partial charge in [0.05, 0.1) is 11.9 Å². The number of aromatic nitrogens is 2. The van der Waals surface area contributed by atoms with Gasteiger partial charge in [-0.25, -0.2) is 0 Å². The largest absolute Gasteiger partial charge is 0.488 e. The molecule has 1 fully saturated rings. The van der Waals surface area contributed by atoms with Gasteiger partial charge in [0.2, 0.25) is 5.91 Å². The fraction of sp³-hybridized carbons (Fsp3) is 0.474. The van der Waals surface area contributed by atoms with Crippen molar-refractivity contribution < 1.29 is 9.53 Å². The Bertz CT molecular complexity index is 781. The zero-order valence-corrected chi connectivity index (χ0v) is 14.3. The number of aryl methyl sites for hydroxylation is 1. The molecule has 1 aromatic heterocycles. The van der Waals surface area contributed by atoms with Crippen molar-refractivity contribution >= 4 is 5.91 Å². The molecule has 2 aliphatic rings. The maximum atomic E-state index is 12.7. The second kappa shape index (κ2) is 5.96. The summed E-state index contributed by atoms with van der Waals surface area (Å²) >= 11 is 0. The molecule has 5 heteroatoms. The minimum absolute atomic E-state index is 0.160. The standard InChI is InChI=1S/C19H23N3O2/c1-13-5-6-17-16(8-13)19-15(12-24-17)9-20-22(19)11-18(23)21-7-3-4-14(2)10-21/h5-6,8-9,14H,3-4,7,10-12H2,1-2H3. The molecule has 5 nitrogen and oxygen atoms in total. The van der Waals surface area contributed by atoms with Crippen LogP contribution >= 0.6 is 0 Å². The molecule has 0 spiro atoms. The smallest absolute Gasteiger partial charge is 0.244 e. The van der Waals surface area contributed by atoms with Crippen LogP contribution in [-0.2, 0) is 17.9 Å². The molecule has 2 aliphatic heterocycles. The monoisotopic (exact) mass is 325 g/mol. The number of nitrogens with zero attached hydrogens (tertiary/aromatic N) is 3. The van der Waals surface area contributed by atoms with E-state index in [1.54, 1.807) is 0 Å². The summed E-state index contributed by atoms with van der Waals surface area (Å²) in [4.78, 5) is 14.7. The molecule has 2 aromatic rings. The highest BCUT2D eigenvalue weighted by molar-refractivity contribution is 5.78. The highest BCUT2D eigenvalue weighted by Gasteiger charge is 2.26. The van der Waals surface area contributed by atoms with Crippen molar-refractivity contribution in [2.45, 2.75) is 39.8 Å². The van der Waals surface area contributed by atoms with Crippen LogP contribution in [0.25, 0.3) is 11.3 Å². The van der Waals surface area contributed by atoms with Gasteiger partial charge in [0.1, 0.15) is 18.9 Å². The number of benzene rings is 1. The van der Waals surface area contributed by atoms with Crippen molar-refractivity contribution in [3.05, 3.63) is 35.5 Å². The number of ether oxygens (including phenoxy) is 1. The average molecular weight is 325 g/mol. The SMILES string of the molecule is Cc1ccc2c(c1)-c1c(cnn1CC(=O)N1CCCC(C)C1)CO2. The zero-order valence-electron chi connectivity index (χ0n) is 14.3. The Morgan fingerprint density at radius 2 is 2.29 bits per heavy atom. The molecule has 126 valence electrons. The van der Waals surface area contributed by atoms with Crippen molar-refractivity contribution in [1.82, 2.24) is 14.7 Å². The van der Waals surface area contributed by atoms with E-state index in [0.717, 1.165) is 42.1 Å². The summed E-state index contributed by atoms with van der Waals surface area (Å²) in [6.45, 7) is 6.82. The number of piperidine rings is 1. The van der Waals surface area contributed by atoms with Gasteiger partial charge in [-0.15, -0.1) is 0 Å². The van der Waals surface area contributed by atoms with Crippen molar-refractivity contribution in [2.24, 2.45) is 5.92 Å². The Morgan fingerprint density at radius 3 is 3.12 bits per heavy atom. The Labute approximate surface area is 142 Å². The number of fused-ring (bicyclic) bond motifs is 3. The molecule has 1 atom stereocenters. The summed E-state index contributed by atoms with van der Waals surface area (Å²) in [6, 6.07) is 6.16. The number of hydrogen-bond acceptors (Lipinski definition) is 3. The molecule has 3 heterocycles. The first-order valence-electron chi connectivity index (χ1n) is 8.68. The number of amides is 1. The third kappa shape index (κ3) is 2.68. The summed E-state index contributed by atoms with van der Waals surface area (Å²) in [5.74, 6) is 1.62. The Balaban J connectivity index is 1.62. The fourth-order valence-electron chi connectivity index (χ4n) is 3.72. The van der Waals surface area contributed by atoms with E-state index in [1.807, 2.05) is 27.9 Å². The molecule has 0 N–H and O–H groups in total. The molecule has 0 radical (unpaired) electrons. The molecular weight excluding hydrogens is 302 g/mol. The predicted molar refractivity (Wildman–Crippen MR) is 91.7 cm³/mol. The summed E-state index contributed by atoms with van der Waals surface area (Å²) in [5.41, 5.74) is 4.29. The summed E-state index contributed by atoms with van der Waals surface area (Å²) in [7, 11) is 0. The van der Waals surface area contributed by atoms with E-state index in [1.165, 1.54) is 12.0 Å². The molecule has 4 rings (SSSR count). The molecule has 0 aliphatic carbocycles. The van der Waals surface area contributed by atoms with Crippen LogP contribution in [0, 0.1) is 12.8 Å². The quantitative estimate of drug-likeness (QED) is 0.853. The van der Waals surface area contributed by atoms with Crippen LogP contribution in [0.1, 0.15) is 30.9 Å². The molecule has 24 heavy (non-hydrogen) atoms. The van der Waals surface area contributed by atoms with Gasteiger partial charge in [0.25, 0.3) is 0 Å². The van der Waals surface area contributed by atoms with Gasteiger partial charge in [-0.2, -0.15) is 5.10 Å². The van der Waals surface area contributed by atoms with Crippen LogP contribution in [0.15, 0.2) is 24.4 Å². The van der Waals surface area contributed by atoms with Gasteiger partial charge in [0.15, 0.2) is 0 Å². The molecule has 0 saturated carbocycles. The van der Waals surface area contributed by atoms with Gasteiger partial charge in [0, 0.05) is 24.2 Å². The van der Waals surface area contributed by atoms with Crippen molar-refractivity contribution in [2.75, 3.05) is 13.1 Å². The molecule has 1 saturated heterocycles. The van der Waals surface area contributed by atoms with E-state index in [-0.39, 0.29) is 5.91 Å². The molecule has 1 aromatic carbocycles. The number of carbonyl (C=O) groups excluding carboxylic acids is 1. The van der Waals surface area contributed by atoms with Gasteiger partial charge in [-0.1, -0.05) is 18.6 Å². The number of rotatable bonds is 2. The topological polar surface area (TPSA) is 47.4 Å². The van der Waals surface area contributed by atoms with Crippen molar-refractivity contribution in [3.63, 3.8) is 0 Å². The van der Waals surface area contributed by atoms with E-state index in [2.05, 4.69) is 25.0 Å². The Hall–Kier alpha value is -2.30. The first-order valence-corrected chi connectivity index (χ1v) is 8.68. The van der Waals surface area contributed by atoms with Crippen LogP contribution in [0.3, 0.4) is 0 Å². The van der Waals surface area contributed by atoms with Gasteiger partial charge < -0.3 is 9.64 Å². The molecule has 1 amide bonds. The third-order valence-corrected chi connectivity index (χ3v) is 4.98. The van der Waals surface area contributed by atoms with Gasteiger partial charge >= 0.3 is 0 Å². The van der Waals surface area contributed by atoms with E-state index >= 15 is 0 Å². The molecular formula is C19H23N3O2. The maximum Gasteiger partial charge on any atom is 0.244 e. The first kappa shape index (κ1) is 15.2. The van der Waals surface area contributed by atoms with Crippen molar-refractivity contribution in [1.29, 1.82) is 0 Å². The number of hydrogen-bond donors (Lipinski definition) is 0. The Morgan fingerprint density at radius 1 is 1.42 bits per heavy atom. The highest BCUT2D eigenvalue weighted by atomic mass is 16.5. The fourth-order valence-corrected chi connectivity index (χ4v) is 3.72. The first-order chi connectivity index (χ1) is 11.6. The highest BCUT2D eigenvalue weighted by Crippen LogP contribution is 2.38. The van der Waals surface area contributed by atoms with Crippen LogP contribution < -0.4 is 4.74 Å². The lowest BCUT2D eigenvalue weighted by Gasteiger charge is -2.31. The van der Waals surface area contributed by atoms with Gasteiger partial charge in [-0.3, -0.25) is 9.48 Å². The number of carbonyl (C=O) groups is 1. The van der Waals surface area contributed by atoms with Crippen molar-refractivity contribution in [3.8, 4) is 17.0 Å². The lowest BCUT2D eigenvalue weighted by molar-refractivity contribution is -0.133. The molecule has 0 bridgehead atoms. The maximum absolute atomic E-state index is 12.7. The van der Waals surface area contributed by atoms with Crippen LogP contribution in [0.4, 0.5) is 0 Å². The summed E-state index contributed by atoms with van der Waals surface area (Å²) in [5, 5.41) is 4.47. The van der Waals surface area contributed by atoms with Gasteiger partial charge in [-0.05, 0) is 37.8 Å². The predicted octanol–water partition coefficient (Wildman–Crippen LogP) is 3.01. The van der Waals surface area contributed by atoms with E-state index in [0.29, 0.717) is 19.1 Å². The normalized spacial score (nSPS) is 19.4. The average Bonchev–Trinajstić information content (AvgIpc) is 2.98. The van der Waals surface area contributed by atoms with Crippen LogP contribution in [0.2, 0.25) is 0 Å². The zero-order chi connectivity index (χ0) is 16.7. The molecule has 1 unspecified atom stereocenters. The minimum Gasteiger partial charge on any atom is -0.488 e.